The monoisotopic (exact) mass is 281 g/mol. The van der Waals surface area contributed by atoms with E-state index in [2.05, 4.69) is 6.92 Å². The first kappa shape index (κ1) is 16.8. The zero-order chi connectivity index (χ0) is 11.1. The van der Waals surface area contributed by atoms with Crippen molar-refractivity contribution in [1.29, 1.82) is 0 Å². The van der Waals surface area contributed by atoms with Gasteiger partial charge in [0.05, 0.1) is 0 Å². The first-order chi connectivity index (χ1) is 6.61. The summed E-state index contributed by atoms with van der Waals surface area (Å²) in [6.45, 7) is 7.23. The molecule has 0 aliphatic rings. The predicted molar refractivity (Wildman–Crippen MR) is 56.0 cm³/mol. The van der Waals surface area contributed by atoms with Crippen LogP contribution in [0.4, 0.5) is 0 Å². The average molecular weight is 281 g/mol. The van der Waals surface area contributed by atoms with Crippen molar-refractivity contribution in [2.24, 2.45) is 5.73 Å². The summed E-state index contributed by atoms with van der Waals surface area (Å²) < 4.78 is 0. The molecule has 3 nitrogen and oxygen atoms in total. The molecule has 0 saturated heterocycles. The summed E-state index contributed by atoms with van der Waals surface area (Å²) in [5.41, 5.74) is 5.86. The second-order valence-corrected chi connectivity index (χ2v) is 2.36. The number of amides is 1. The summed E-state index contributed by atoms with van der Waals surface area (Å²) in [7, 11) is 0. The fourth-order valence-corrected chi connectivity index (χ4v) is 0.820. The van der Waals surface area contributed by atoms with Crippen LogP contribution in [0.15, 0.2) is 24.3 Å². The van der Waals surface area contributed by atoms with Crippen molar-refractivity contribution in [2.75, 3.05) is 0 Å². The number of rotatable bonds is 2. The van der Waals surface area contributed by atoms with E-state index in [9.17, 15) is 9.59 Å². The molecule has 0 fully saturated rings. The number of carbonyl (C=O) groups is 2. The summed E-state index contributed by atoms with van der Waals surface area (Å²) in [4.78, 5) is 21.3. The molecule has 1 rings (SSSR count). The SMILES string of the molecule is CC.[CH2-]C(=O)c1ccc(C(N)=O)cc1.[Y]. The van der Waals surface area contributed by atoms with Crippen molar-refractivity contribution < 1.29 is 42.3 Å². The normalized spacial score (nSPS) is 7.87. The number of benzene rings is 1. The van der Waals surface area contributed by atoms with E-state index < -0.39 is 5.91 Å². The third-order valence-corrected chi connectivity index (χ3v) is 1.49. The molecule has 0 aliphatic heterocycles. The summed E-state index contributed by atoms with van der Waals surface area (Å²) in [6.07, 6.45) is 0. The van der Waals surface area contributed by atoms with E-state index in [1.54, 1.807) is 0 Å². The molecule has 1 aromatic carbocycles. The molecule has 0 saturated carbocycles. The molecular formula is C11H14NO2Y-. The molecule has 0 aromatic heterocycles. The van der Waals surface area contributed by atoms with Crippen LogP contribution in [0.3, 0.4) is 0 Å². The Hall–Kier alpha value is -0.666. The van der Waals surface area contributed by atoms with Crippen LogP contribution in [0.5, 0.6) is 0 Å². The van der Waals surface area contributed by atoms with E-state index >= 15 is 0 Å². The summed E-state index contributed by atoms with van der Waals surface area (Å²) in [6, 6.07) is 6.05. The molecule has 1 aromatic rings. The van der Waals surface area contributed by atoms with E-state index in [1.807, 2.05) is 13.8 Å². The van der Waals surface area contributed by atoms with Gasteiger partial charge in [-0.3, -0.25) is 4.79 Å². The topological polar surface area (TPSA) is 60.2 Å². The van der Waals surface area contributed by atoms with Crippen LogP contribution in [0.2, 0.25) is 0 Å². The minimum atomic E-state index is -0.502. The number of hydrogen-bond donors (Lipinski definition) is 1. The van der Waals surface area contributed by atoms with Gasteiger partial charge in [-0.25, -0.2) is 0 Å². The Kier molecular flexibility index (Phi) is 9.63. The molecule has 2 N–H and O–H groups in total. The number of carbonyl (C=O) groups excluding carboxylic acids is 2. The molecule has 79 valence electrons. The molecule has 15 heavy (non-hydrogen) atoms. The van der Waals surface area contributed by atoms with E-state index in [0.29, 0.717) is 11.1 Å². The van der Waals surface area contributed by atoms with Crippen molar-refractivity contribution in [2.45, 2.75) is 13.8 Å². The summed E-state index contributed by atoms with van der Waals surface area (Å²) in [5.74, 6) is -0.774. The maximum Gasteiger partial charge on any atom is 0.248 e. The minimum Gasteiger partial charge on any atom is -0.366 e. The molecule has 1 amide bonds. The van der Waals surface area contributed by atoms with Crippen LogP contribution in [0.25, 0.3) is 0 Å². The third-order valence-electron chi connectivity index (χ3n) is 1.49. The van der Waals surface area contributed by atoms with Crippen molar-refractivity contribution in [3.8, 4) is 0 Å². The Labute approximate surface area is 115 Å². The van der Waals surface area contributed by atoms with Crippen LogP contribution in [-0.4, -0.2) is 11.7 Å². The third kappa shape index (κ3) is 5.70. The number of ketones is 1. The van der Waals surface area contributed by atoms with Gasteiger partial charge in [-0.1, -0.05) is 26.0 Å². The fourth-order valence-electron chi connectivity index (χ4n) is 0.820. The van der Waals surface area contributed by atoms with Crippen LogP contribution >= 0.6 is 0 Å². The molecule has 4 heteroatoms. The molecule has 0 unspecified atom stereocenters. The smallest absolute Gasteiger partial charge is 0.248 e. The van der Waals surface area contributed by atoms with Crippen molar-refractivity contribution in [3.05, 3.63) is 42.3 Å². The second-order valence-electron chi connectivity index (χ2n) is 2.36. The molecule has 0 spiro atoms. The molecule has 0 aliphatic carbocycles. The van der Waals surface area contributed by atoms with Gasteiger partial charge in [0.15, 0.2) is 0 Å². The van der Waals surface area contributed by atoms with Crippen molar-refractivity contribution in [1.82, 2.24) is 0 Å². The Morgan fingerprint density at radius 3 is 1.67 bits per heavy atom. The number of nitrogens with two attached hydrogens (primary N) is 1. The Morgan fingerprint density at radius 2 is 1.40 bits per heavy atom. The molecule has 0 heterocycles. The van der Waals surface area contributed by atoms with E-state index in [-0.39, 0.29) is 38.5 Å². The van der Waals surface area contributed by atoms with Gasteiger partial charge in [0.25, 0.3) is 0 Å². The summed E-state index contributed by atoms with van der Waals surface area (Å²) >= 11 is 0. The van der Waals surface area contributed by atoms with Gasteiger partial charge in [0.2, 0.25) is 5.91 Å². The van der Waals surface area contributed by atoms with Gasteiger partial charge in [0, 0.05) is 44.1 Å². The van der Waals surface area contributed by atoms with Crippen molar-refractivity contribution in [3.63, 3.8) is 0 Å². The van der Waals surface area contributed by atoms with Gasteiger partial charge < -0.3 is 10.5 Å². The summed E-state index contributed by atoms with van der Waals surface area (Å²) in [5, 5.41) is 0. The van der Waals surface area contributed by atoms with Gasteiger partial charge in [-0.05, 0) is 0 Å². The van der Waals surface area contributed by atoms with E-state index in [1.165, 1.54) is 24.3 Å². The van der Waals surface area contributed by atoms with Crippen LogP contribution in [0, 0.1) is 6.92 Å². The zero-order valence-corrected chi connectivity index (χ0v) is 11.8. The predicted octanol–water partition coefficient (Wildman–Crippen LogP) is 1.83. The van der Waals surface area contributed by atoms with Crippen LogP contribution < -0.4 is 5.73 Å². The van der Waals surface area contributed by atoms with E-state index in [4.69, 9.17) is 5.73 Å². The van der Waals surface area contributed by atoms with Crippen molar-refractivity contribution >= 4 is 11.7 Å². The number of primary amides is 1. The molecule has 0 atom stereocenters. The fraction of sp³-hybridized carbons (Fsp3) is 0.182. The standard InChI is InChI=1S/C9H8NO2.C2H6.Y/c1-6(11)7-2-4-8(5-3-7)9(10)12;1-2;/h2-5H,1H2,(H2,10,12);1-2H3;/q-1;;. The maximum atomic E-state index is 10.7. The zero-order valence-electron chi connectivity index (χ0n) is 8.99. The first-order valence-electron chi connectivity index (χ1n) is 4.37. The first-order valence-corrected chi connectivity index (χ1v) is 4.37. The molecular weight excluding hydrogens is 267 g/mol. The van der Waals surface area contributed by atoms with Gasteiger partial charge >= 0.3 is 0 Å². The van der Waals surface area contributed by atoms with Gasteiger partial charge in [0.1, 0.15) is 0 Å². The largest absolute Gasteiger partial charge is 0.366 e. The van der Waals surface area contributed by atoms with E-state index in [0.717, 1.165) is 0 Å². The minimum absolute atomic E-state index is 0. The average Bonchev–Trinajstić information content (AvgIpc) is 2.21. The Morgan fingerprint density at radius 1 is 1.07 bits per heavy atom. The van der Waals surface area contributed by atoms with Crippen LogP contribution in [0.1, 0.15) is 34.6 Å². The molecule has 1 radical (unpaired) electrons. The molecule has 0 bridgehead atoms. The number of Topliss-reactive ketones (excluding diaryl/α,β-unsaturated/α-hetero) is 1. The second kappa shape index (κ2) is 8.63. The Balaban J connectivity index is 0. The van der Waals surface area contributed by atoms with Crippen LogP contribution in [-0.2, 0) is 32.7 Å². The Bertz CT molecular complexity index is 287. The maximum absolute atomic E-state index is 10.7. The number of hydrogen-bond acceptors (Lipinski definition) is 2. The van der Waals surface area contributed by atoms with Gasteiger partial charge in [-0.2, -0.15) is 6.92 Å². The van der Waals surface area contributed by atoms with Gasteiger partial charge in [-0.15, -0.1) is 17.7 Å². The quantitative estimate of drug-likeness (QED) is 0.664.